The molecule has 2 aromatic rings. The fourth-order valence-electron chi connectivity index (χ4n) is 2.15. The zero-order valence-corrected chi connectivity index (χ0v) is 12.0. The number of imidazole rings is 1. The number of aliphatic hydroxyl groups is 1. The smallest absolute Gasteiger partial charge is 0.332 e. The highest BCUT2D eigenvalue weighted by molar-refractivity contribution is 5.68. The third kappa shape index (κ3) is 2.67. The van der Waals surface area contributed by atoms with E-state index in [1.807, 2.05) is 13.8 Å². The second-order valence-corrected chi connectivity index (χ2v) is 5.48. The van der Waals surface area contributed by atoms with Crippen LogP contribution in [0.15, 0.2) is 15.9 Å². The quantitative estimate of drug-likeness (QED) is 0.824. The van der Waals surface area contributed by atoms with Crippen molar-refractivity contribution in [3.63, 3.8) is 0 Å². The molecular weight excluding hydrogens is 260 g/mol. The van der Waals surface area contributed by atoms with Crippen molar-refractivity contribution in [3.05, 3.63) is 27.2 Å². The lowest BCUT2D eigenvalue weighted by atomic mass is 10.2. The first-order chi connectivity index (χ1) is 9.41. The number of aromatic amines is 1. The van der Waals surface area contributed by atoms with Crippen LogP contribution in [0.4, 0.5) is 0 Å². The van der Waals surface area contributed by atoms with Gasteiger partial charge in [0.1, 0.15) is 5.52 Å². The highest BCUT2D eigenvalue weighted by Gasteiger charge is 2.16. The summed E-state index contributed by atoms with van der Waals surface area (Å²) in [6, 6.07) is 0. The molecule has 20 heavy (non-hydrogen) atoms. The van der Waals surface area contributed by atoms with Gasteiger partial charge in [0.05, 0.1) is 12.4 Å². The van der Waals surface area contributed by atoms with Crippen molar-refractivity contribution in [1.29, 1.82) is 0 Å². The first-order valence-electron chi connectivity index (χ1n) is 6.76. The van der Waals surface area contributed by atoms with Gasteiger partial charge in [0.2, 0.25) is 0 Å². The van der Waals surface area contributed by atoms with E-state index in [9.17, 15) is 14.7 Å². The number of aliphatic hydroxyl groups excluding tert-OH is 1. The maximum absolute atomic E-state index is 12.4. The van der Waals surface area contributed by atoms with Crippen LogP contribution in [0.2, 0.25) is 0 Å². The Morgan fingerprint density at radius 2 is 2.00 bits per heavy atom. The molecule has 0 aromatic carbocycles. The first kappa shape index (κ1) is 14.5. The molecule has 2 N–H and O–H groups in total. The summed E-state index contributed by atoms with van der Waals surface area (Å²) in [4.78, 5) is 31.6. The predicted molar refractivity (Wildman–Crippen MR) is 75.7 cm³/mol. The molecule has 0 radical (unpaired) electrons. The maximum atomic E-state index is 12.4. The van der Waals surface area contributed by atoms with E-state index in [1.54, 1.807) is 6.92 Å². The van der Waals surface area contributed by atoms with Gasteiger partial charge in [0.25, 0.3) is 5.56 Å². The lowest BCUT2D eigenvalue weighted by Gasteiger charge is -2.13. The minimum atomic E-state index is -0.558. The molecule has 0 fully saturated rings. The van der Waals surface area contributed by atoms with E-state index in [4.69, 9.17) is 0 Å². The molecule has 0 aliphatic carbocycles. The summed E-state index contributed by atoms with van der Waals surface area (Å²) in [5, 5.41) is 9.34. The second kappa shape index (κ2) is 5.62. The predicted octanol–water partition coefficient (Wildman–Crippen LogP) is 0.313. The molecule has 2 aromatic heterocycles. The molecule has 0 saturated heterocycles. The molecule has 0 amide bonds. The average Bonchev–Trinajstić information content (AvgIpc) is 2.83. The summed E-state index contributed by atoms with van der Waals surface area (Å²) in [7, 11) is 0. The first-order valence-corrected chi connectivity index (χ1v) is 6.76. The van der Waals surface area contributed by atoms with E-state index in [2.05, 4.69) is 9.97 Å². The van der Waals surface area contributed by atoms with Gasteiger partial charge >= 0.3 is 5.69 Å². The van der Waals surface area contributed by atoms with Crippen LogP contribution in [0.5, 0.6) is 0 Å². The van der Waals surface area contributed by atoms with Crippen LogP contribution in [0.25, 0.3) is 11.2 Å². The van der Waals surface area contributed by atoms with E-state index < -0.39 is 6.10 Å². The Morgan fingerprint density at radius 3 is 2.60 bits per heavy atom. The molecule has 2 rings (SSSR count). The summed E-state index contributed by atoms with van der Waals surface area (Å²) >= 11 is 0. The number of hydrogen-bond acceptors (Lipinski definition) is 4. The zero-order chi connectivity index (χ0) is 14.9. The number of nitrogens with zero attached hydrogens (tertiary/aromatic N) is 3. The van der Waals surface area contributed by atoms with E-state index >= 15 is 0 Å². The third-order valence-electron chi connectivity index (χ3n) is 3.11. The van der Waals surface area contributed by atoms with E-state index in [0.29, 0.717) is 24.1 Å². The van der Waals surface area contributed by atoms with Gasteiger partial charge in [0, 0.05) is 13.1 Å². The molecule has 110 valence electrons. The van der Waals surface area contributed by atoms with Crippen LogP contribution < -0.4 is 11.2 Å². The Bertz CT molecular complexity index is 708. The molecule has 1 unspecified atom stereocenters. The SMILES string of the molecule is CC(C)Cn1c(=O)n(CCC(C)O)c(=O)c2[nH]cnc21. The highest BCUT2D eigenvalue weighted by Crippen LogP contribution is 2.05. The van der Waals surface area contributed by atoms with Crippen molar-refractivity contribution >= 4 is 11.2 Å². The fourth-order valence-corrected chi connectivity index (χ4v) is 2.15. The van der Waals surface area contributed by atoms with Crippen LogP contribution >= 0.6 is 0 Å². The number of hydrogen-bond donors (Lipinski definition) is 2. The molecule has 0 bridgehead atoms. The number of aromatic nitrogens is 4. The van der Waals surface area contributed by atoms with Gasteiger partial charge in [-0.15, -0.1) is 0 Å². The zero-order valence-electron chi connectivity index (χ0n) is 12.0. The third-order valence-corrected chi connectivity index (χ3v) is 3.11. The average molecular weight is 280 g/mol. The maximum Gasteiger partial charge on any atom is 0.332 e. The fraction of sp³-hybridized carbons (Fsp3) is 0.615. The largest absolute Gasteiger partial charge is 0.393 e. The Morgan fingerprint density at radius 1 is 1.30 bits per heavy atom. The Kier molecular flexibility index (Phi) is 4.08. The standard InChI is InChI=1S/C13H20N4O3/c1-8(2)6-17-11-10(14-7-15-11)12(19)16(13(17)20)5-4-9(3)18/h7-9,18H,4-6H2,1-3H3,(H,14,15). The number of H-pyrrole nitrogens is 1. The van der Waals surface area contributed by atoms with Gasteiger partial charge in [-0.1, -0.05) is 13.8 Å². The second-order valence-electron chi connectivity index (χ2n) is 5.48. The van der Waals surface area contributed by atoms with Crippen LogP contribution in [-0.4, -0.2) is 30.3 Å². The molecule has 0 aliphatic heterocycles. The summed E-state index contributed by atoms with van der Waals surface area (Å²) < 4.78 is 2.68. The molecule has 0 aliphatic rings. The van der Waals surface area contributed by atoms with Crippen molar-refractivity contribution in [1.82, 2.24) is 19.1 Å². The molecule has 0 saturated carbocycles. The van der Waals surface area contributed by atoms with Gasteiger partial charge < -0.3 is 10.1 Å². The lowest BCUT2D eigenvalue weighted by molar-refractivity contribution is 0.176. The van der Waals surface area contributed by atoms with E-state index in [-0.39, 0.29) is 23.7 Å². The molecule has 0 spiro atoms. The van der Waals surface area contributed by atoms with Crippen molar-refractivity contribution in [3.8, 4) is 0 Å². The molecule has 2 heterocycles. The number of rotatable bonds is 5. The van der Waals surface area contributed by atoms with Gasteiger partial charge in [-0.25, -0.2) is 9.78 Å². The lowest BCUT2D eigenvalue weighted by Crippen LogP contribution is -2.41. The van der Waals surface area contributed by atoms with Crippen molar-refractivity contribution < 1.29 is 5.11 Å². The number of nitrogens with one attached hydrogen (secondary N) is 1. The van der Waals surface area contributed by atoms with Crippen molar-refractivity contribution in [2.24, 2.45) is 5.92 Å². The van der Waals surface area contributed by atoms with Crippen LogP contribution in [0.3, 0.4) is 0 Å². The van der Waals surface area contributed by atoms with E-state index in [0.717, 1.165) is 4.57 Å². The minimum absolute atomic E-state index is 0.197. The Hall–Kier alpha value is -1.89. The van der Waals surface area contributed by atoms with Gasteiger partial charge in [-0.05, 0) is 19.3 Å². The summed E-state index contributed by atoms with van der Waals surface area (Å²) in [5.41, 5.74) is -0.0371. The summed E-state index contributed by atoms with van der Waals surface area (Å²) in [6.45, 7) is 6.32. The summed E-state index contributed by atoms with van der Waals surface area (Å²) in [6.07, 6.45) is 1.22. The van der Waals surface area contributed by atoms with Crippen LogP contribution in [0, 0.1) is 5.92 Å². The molecular formula is C13H20N4O3. The molecule has 7 nitrogen and oxygen atoms in total. The minimum Gasteiger partial charge on any atom is -0.393 e. The normalized spacial score (nSPS) is 13.2. The number of fused-ring (bicyclic) bond motifs is 1. The van der Waals surface area contributed by atoms with Gasteiger partial charge in [-0.3, -0.25) is 13.9 Å². The Labute approximate surface area is 115 Å². The van der Waals surface area contributed by atoms with Crippen LogP contribution in [-0.2, 0) is 13.1 Å². The van der Waals surface area contributed by atoms with E-state index in [1.165, 1.54) is 10.9 Å². The van der Waals surface area contributed by atoms with Crippen LogP contribution in [0.1, 0.15) is 27.2 Å². The molecule has 7 heteroatoms. The topological polar surface area (TPSA) is 92.9 Å². The highest BCUT2D eigenvalue weighted by atomic mass is 16.3. The van der Waals surface area contributed by atoms with Gasteiger partial charge in [0.15, 0.2) is 5.65 Å². The monoisotopic (exact) mass is 280 g/mol. The van der Waals surface area contributed by atoms with Crippen molar-refractivity contribution in [2.75, 3.05) is 0 Å². The summed E-state index contributed by atoms with van der Waals surface area (Å²) in [5.74, 6) is 0.260. The van der Waals surface area contributed by atoms with Gasteiger partial charge in [-0.2, -0.15) is 0 Å². The Balaban J connectivity index is 2.62. The van der Waals surface area contributed by atoms with Crippen molar-refractivity contribution in [2.45, 2.75) is 46.4 Å². The molecule has 1 atom stereocenters.